The van der Waals surface area contributed by atoms with Crippen LogP contribution >= 0.6 is 0 Å². The van der Waals surface area contributed by atoms with Crippen LogP contribution < -0.4 is 5.32 Å². The molecule has 110 valence electrons. The van der Waals surface area contributed by atoms with E-state index in [-0.39, 0.29) is 0 Å². The lowest BCUT2D eigenvalue weighted by Crippen LogP contribution is -2.04. The zero-order valence-electron chi connectivity index (χ0n) is 12.3. The Morgan fingerprint density at radius 1 is 1.00 bits per heavy atom. The summed E-state index contributed by atoms with van der Waals surface area (Å²) in [6, 6.07) is 16.3. The minimum absolute atomic E-state index is 0.473. The van der Waals surface area contributed by atoms with Crippen LogP contribution in [0.15, 0.2) is 48.5 Å². The summed E-state index contributed by atoms with van der Waals surface area (Å²) in [6.45, 7) is 2.98. The normalized spacial score (nSPS) is 13.1. The first-order chi connectivity index (χ1) is 10.8. The van der Waals surface area contributed by atoms with Gasteiger partial charge in [0.2, 0.25) is 0 Å². The first-order valence-corrected chi connectivity index (χ1v) is 7.26. The minimum Gasteiger partial charge on any atom is -0.369 e. The lowest BCUT2D eigenvalue weighted by molar-refractivity contribution is 0.105. The van der Waals surface area contributed by atoms with E-state index < -0.39 is 0 Å². The summed E-state index contributed by atoms with van der Waals surface area (Å²) in [5, 5.41) is 11.8. The van der Waals surface area contributed by atoms with Gasteiger partial charge in [-0.3, -0.25) is 4.57 Å². The molecule has 5 heteroatoms. The van der Waals surface area contributed by atoms with Gasteiger partial charge in [-0.25, -0.2) is 0 Å². The molecule has 3 aromatic rings. The maximum atomic E-state index is 5.78. The van der Waals surface area contributed by atoms with E-state index in [0.717, 1.165) is 34.3 Å². The van der Waals surface area contributed by atoms with Crippen molar-refractivity contribution in [3.05, 3.63) is 65.7 Å². The largest absolute Gasteiger partial charge is 0.369 e. The van der Waals surface area contributed by atoms with Gasteiger partial charge in [0.05, 0.1) is 12.3 Å². The van der Waals surface area contributed by atoms with Gasteiger partial charge in [-0.1, -0.05) is 24.3 Å². The summed E-state index contributed by atoms with van der Waals surface area (Å²) in [6.07, 6.45) is 0. The van der Waals surface area contributed by atoms with Gasteiger partial charge in [0.15, 0.2) is 5.82 Å². The molecule has 1 aliphatic rings. The van der Waals surface area contributed by atoms with Crippen molar-refractivity contribution in [3.63, 3.8) is 0 Å². The maximum absolute atomic E-state index is 5.78. The van der Waals surface area contributed by atoms with Crippen LogP contribution in [0.1, 0.15) is 17.2 Å². The highest BCUT2D eigenvalue weighted by atomic mass is 16.5. The minimum atomic E-state index is 0.473. The van der Waals surface area contributed by atoms with E-state index in [1.165, 1.54) is 0 Å². The van der Waals surface area contributed by atoms with Gasteiger partial charge in [0, 0.05) is 16.9 Å². The van der Waals surface area contributed by atoms with Crippen molar-refractivity contribution < 1.29 is 4.74 Å². The van der Waals surface area contributed by atoms with Gasteiger partial charge in [0.1, 0.15) is 12.4 Å². The Labute approximate surface area is 128 Å². The van der Waals surface area contributed by atoms with Crippen LogP contribution in [0.4, 0.5) is 11.4 Å². The van der Waals surface area contributed by atoms with Crippen molar-refractivity contribution in [1.82, 2.24) is 14.8 Å². The Morgan fingerprint density at radius 2 is 1.86 bits per heavy atom. The van der Waals surface area contributed by atoms with E-state index in [1.54, 1.807) is 0 Å². The molecule has 0 radical (unpaired) electrons. The molecule has 0 spiro atoms. The molecule has 5 nitrogen and oxygen atoms in total. The van der Waals surface area contributed by atoms with E-state index in [2.05, 4.69) is 32.2 Å². The molecule has 4 rings (SSSR count). The average molecular weight is 292 g/mol. The fourth-order valence-electron chi connectivity index (χ4n) is 2.79. The van der Waals surface area contributed by atoms with E-state index in [1.807, 2.05) is 43.3 Å². The van der Waals surface area contributed by atoms with Gasteiger partial charge in [-0.15, -0.1) is 10.2 Å². The maximum Gasteiger partial charge on any atom is 0.163 e. The number of rotatable bonds is 2. The second-order valence-electron chi connectivity index (χ2n) is 5.29. The smallest absolute Gasteiger partial charge is 0.163 e. The number of ether oxygens (including phenoxy) is 1. The first-order valence-electron chi connectivity index (χ1n) is 7.26. The van der Waals surface area contributed by atoms with Gasteiger partial charge in [-0.05, 0) is 31.2 Å². The van der Waals surface area contributed by atoms with Crippen LogP contribution in [0.5, 0.6) is 0 Å². The molecule has 0 saturated heterocycles. The quantitative estimate of drug-likeness (QED) is 0.787. The van der Waals surface area contributed by atoms with Crippen molar-refractivity contribution in [2.45, 2.75) is 20.1 Å². The second-order valence-corrected chi connectivity index (χ2v) is 5.29. The van der Waals surface area contributed by atoms with E-state index in [0.29, 0.717) is 13.2 Å². The van der Waals surface area contributed by atoms with Crippen molar-refractivity contribution >= 4 is 11.4 Å². The summed E-state index contributed by atoms with van der Waals surface area (Å²) in [5.41, 5.74) is 4.30. The number of para-hydroxylation sites is 1. The standard InChI is InChI=1S/C17H16N4O/c1-12-19-20-17-11-22-10-14-15(8-5-9-16(14)21(12)17)18-13-6-3-2-4-7-13/h2-9,18H,10-11H2,1H3. The zero-order valence-corrected chi connectivity index (χ0v) is 12.3. The van der Waals surface area contributed by atoms with E-state index in [4.69, 9.17) is 4.74 Å². The molecular formula is C17H16N4O. The van der Waals surface area contributed by atoms with Crippen molar-refractivity contribution in [2.75, 3.05) is 5.32 Å². The van der Waals surface area contributed by atoms with E-state index in [9.17, 15) is 0 Å². The highest BCUT2D eigenvalue weighted by Gasteiger charge is 2.20. The fourth-order valence-corrected chi connectivity index (χ4v) is 2.79. The third-order valence-electron chi connectivity index (χ3n) is 3.81. The van der Waals surface area contributed by atoms with Crippen molar-refractivity contribution in [1.29, 1.82) is 0 Å². The highest BCUT2D eigenvalue weighted by molar-refractivity contribution is 5.68. The van der Waals surface area contributed by atoms with E-state index >= 15 is 0 Å². The van der Waals surface area contributed by atoms with Crippen LogP contribution in [0, 0.1) is 6.92 Å². The third-order valence-corrected chi connectivity index (χ3v) is 3.81. The average Bonchev–Trinajstić information content (AvgIpc) is 2.80. The number of nitrogens with zero attached hydrogens (tertiary/aromatic N) is 3. The number of aryl methyl sites for hydroxylation is 1. The predicted molar refractivity (Wildman–Crippen MR) is 84.3 cm³/mol. The molecule has 0 unspecified atom stereocenters. The number of nitrogens with one attached hydrogen (secondary N) is 1. The summed E-state index contributed by atoms with van der Waals surface area (Å²) in [7, 11) is 0. The van der Waals surface area contributed by atoms with Crippen LogP contribution in [0.3, 0.4) is 0 Å². The summed E-state index contributed by atoms with van der Waals surface area (Å²) in [5.74, 6) is 1.71. The number of anilines is 2. The molecule has 0 amide bonds. The van der Waals surface area contributed by atoms with Crippen LogP contribution in [0.2, 0.25) is 0 Å². The highest BCUT2D eigenvalue weighted by Crippen LogP contribution is 2.30. The number of benzene rings is 2. The van der Waals surface area contributed by atoms with Crippen LogP contribution in [0.25, 0.3) is 5.69 Å². The monoisotopic (exact) mass is 292 g/mol. The van der Waals surface area contributed by atoms with Gasteiger partial charge in [-0.2, -0.15) is 0 Å². The topological polar surface area (TPSA) is 52.0 Å². The molecular weight excluding hydrogens is 276 g/mol. The summed E-state index contributed by atoms with van der Waals surface area (Å²) < 4.78 is 7.84. The Morgan fingerprint density at radius 3 is 2.73 bits per heavy atom. The number of aromatic nitrogens is 3. The van der Waals surface area contributed by atoms with Gasteiger partial charge in [0.25, 0.3) is 0 Å². The van der Waals surface area contributed by atoms with Gasteiger partial charge >= 0.3 is 0 Å². The lowest BCUT2D eigenvalue weighted by atomic mass is 10.1. The Kier molecular flexibility index (Phi) is 3.12. The number of hydrogen-bond acceptors (Lipinski definition) is 4. The lowest BCUT2D eigenvalue weighted by Gasteiger charge is -2.15. The van der Waals surface area contributed by atoms with Crippen LogP contribution in [-0.4, -0.2) is 14.8 Å². The van der Waals surface area contributed by atoms with Crippen molar-refractivity contribution in [2.24, 2.45) is 0 Å². The molecule has 0 bridgehead atoms. The fraction of sp³-hybridized carbons (Fsp3) is 0.176. The molecule has 0 aliphatic carbocycles. The van der Waals surface area contributed by atoms with Crippen LogP contribution in [-0.2, 0) is 18.0 Å². The van der Waals surface area contributed by atoms with Gasteiger partial charge < -0.3 is 10.1 Å². The molecule has 0 fully saturated rings. The second kappa shape index (κ2) is 5.27. The zero-order chi connectivity index (χ0) is 14.9. The predicted octanol–water partition coefficient (Wildman–Crippen LogP) is 3.35. The molecule has 2 heterocycles. The Hall–Kier alpha value is -2.66. The SMILES string of the molecule is Cc1nnc2n1-c1cccc(Nc3ccccc3)c1COC2. The first kappa shape index (κ1) is 13.0. The van der Waals surface area contributed by atoms with Crippen molar-refractivity contribution in [3.8, 4) is 5.69 Å². The molecule has 1 aromatic heterocycles. The molecule has 22 heavy (non-hydrogen) atoms. The Balaban J connectivity index is 1.83. The Bertz CT molecular complexity index is 811. The molecule has 0 atom stereocenters. The summed E-state index contributed by atoms with van der Waals surface area (Å²) >= 11 is 0. The number of fused-ring (bicyclic) bond motifs is 3. The molecule has 1 aliphatic heterocycles. The molecule has 1 N–H and O–H groups in total. The molecule has 2 aromatic carbocycles. The summed E-state index contributed by atoms with van der Waals surface area (Å²) in [4.78, 5) is 0. The number of hydrogen-bond donors (Lipinski definition) is 1. The molecule has 0 saturated carbocycles. The third kappa shape index (κ3) is 2.16.